The standard InChI is InChI=1S/C19H17Cl2NO4/c20-14-7-8-15(21)17(10-14)25-12-19(24)26-11-18(23)22-9-3-5-13-4-1-2-6-16(13)22/h1-2,4,6-8,10H,3,5,9,11-12H2. The second kappa shape index (κ2) is 8.43. The van der Waals surface area contributed by atoms with Crippen LogP contribution >= 0.6 is 23.2 Å². The van der Waals surface area contributed by atoms with Gasteiger partial charge in [0.25, 0.3) is 5.91 Å². The lowest BCUT2D eigenvalue weighted by Gasteiger charge is -2.29. The summed E-state index contributed by atoms with van der Waals surface area (Å²) in [6, 6.07) is 12.4. The number of hydrogen-bond acceptors (Lipinski definition) is 4. The van der Waals surface area contributed by atoms with Gasteiger partial charge >= 0.3 is 5.97 Å². The summed E-state index contributed by atoms with van der Waals surface area (Å²) in [5.74, 6) is -0.627. The van der Waals surface area contributed by atoms with E-state index < -0.39 is 5.97 Å². The summed E-state index contributed by atoms with van der Waals surface area (Å²) in [6.45, 7) is -0.0776. The van der Waals surface area contributed by atoms with Crippen molar-refractivity contribution in [3.05, 3.63) is 58.1 Å². The van der Waals surface area contributed by atoms with Gasteiger partial charge in [-0.05, 0) is 36.6 Å². The molecule has 1 aliphatic heterocycles. The summed E-state index contributed by atoms with van der Waals surface area (Å²) in [5.41, 5.74) is 2.00. The predicted molar refractivity (Wildman–Crippen MR) is 100 cm³/mol. The predicted octanol–water partition coefficient (Wildman–Crippen LogP) is 3.89. The van der Waals surface area contributed by atoms with Crippen molar-refractivity contribution < 1.29 is 19.1 Å². The number of nitrogens with zero attached hydrogens (tertiary/aromatic N) is 1. The molecule has 0 aliphatic carbocycles. The summed E-state index contributed by atoms with van der Waals surface area (Å²) in [7, 11) is 0. The number of fused-ring (bicyclic) bond motifs is 1. The summed E-state index contributed by atoms with van der Waals surface area (Å²) < 4.78 is 10.3. The van der Waals surface area contributed by atoms with Crippen molar-refractivity contribution in [1.29, 1.82) is 0 Å². The van der Waals surface area contributed by atoms with E-state index in [4.69, 9.17) is 32.7 Å². The van der Waals surface area contributed by atoms with Gasteiger partial charge in [-0.1, -0.05) is 41.4 Å². The molecule has 0 unspecified atom stereocenters. The van der Waals surface area contributed by atoms with Crippen LogP contribution in [0.15, 0.2) is 42.5 Å². The highest BCUT2D eigenvalue weighted by Gasteiger charge is 2.23. The van der Waals surface area contributed by atoms with Gasteiger partial charge in [-0.3, -0.25) is 4.79 Å². The Labute approximate surface area is 161 Å². The Hall–Kier alpha value is -2.24. The van der Waals surface area contributed by atoms with Crippen molar-refractivity contribution in [2.75, 3.05) is 24.7 Å². The van der Waals surface area contributed by atoms with Crippen LogP contribution in [0.5, 0.6) is 5.75 Å². The molecule has 0 bridgehead atoms. The molecule has 26 heavy (non-hydrogen) atoms. The second-order valence-corrected chi connectivity index (χ2v) is 6.65. The molecule has 1 aliphatic rings. The summed E-state index contributed by atoms with van der Waals surface area (Å²) in [4.78, 5) is 25.9. The van der Waals surface area contributed by atoms with Crippen LogP contribution in [-0.4, -0.2) is 31.6 Å². The van der Waals surface area contributed by atoms with Gasteiger partial charge in [0.2, 0.25) is 0 Å². The fourth-order valence-corrected chi connectivity index (χ4v) is 3.11. The number of aryl methyl sites for hydroxylation is 1. The number of anilines is 1. The minimum absolute atomic E-state index is 0.258. The zero-order valence-corrected chi connectivity index (χ0v) is 15.4. The van der Waals surface area contributed by atoms with Crippen LogP contribution < -0.4 is 9.64 Å². The molecule has 3 rings (SSSR count). The third kappa shape index (κ3) is 4.48. The molecule has 0 spiro atoms. The van der Waals surface area contributed by atoms with Crippen LogP contribution in [0.3, 0.4) is 0 Å². The van der Waals surface area contributed by atoms with Crippen molar-refractivity contribution in [3.63, 3.8) is 0 Å². The van der Waals surface area contributed by atoms with E-state index in [1.807, 2.05) is 24.3 Å². The van der Waals surface area contributed by atoms with E-state index in [1.165, 1.54) is 6.07 Å². The maximum absolute atomic E-state index is 12.4. The molecule has 1 amide bonds. The first-order valence-electron chi connectivity index (χ1n) is 8.16. The van der Waals surface area contributed by atoms with E-state index in [2.05, 4.69) is 0 Å². The van der Waals surface area contributed by atoms with Gasteiger partial charge in [0.05, 0.1) is 5.02 Å². The number of hydrogen-bond donors (Lipinski definition) is 0. The minimum atomic E-state index is -0.653. The Morgan fingerprint density at radius 1 is 1.08 bits per heavy atom. The second-order valence-electron chi connectivity index (χ2n) is 5.80. The first-order chi connectivity index (χ1) is 12.5. The molecule has 0 fully saturated rings. The van der Waals surface area contributed by atoms with Crippen molar-refractivity contribution in [2.24, 2.45) is 0 Å². The van der Waals surface area contributed by atoms with E-state index in [0.717, 1.165) is 24.1 Å². The lowest BCUT2D eigenvalue weighted by Crippen LogP contribution is -2.38. The Morgan fingerprint density at radius 2 is 1.88 bits per heavy atom. The molecular weight excluding hydrogens is 377 g/mol. The molecule has 0 aromatic heterocycles. The SMILES string of the molecule is O=C(COc1cc(Cl)ccc1Cl)OCC(=O)N1CCCc2ccccc21. The highest BCUT2D eigenvalue weighted by Crippen LogP contribution is 2.28. The molecule has 2 aromatic carbocycles. The Bertz CT molecular complexity index is 825. The summed E-state index contributed by atoms with van der Waals surface area (Å²) in [6.07, 6.45) is 1.82. The Morgan fingerprint density at radius 3 is 2.73 bits per heavy atom. The molecule has 1 heterocycles. The van der Waals surface area contributed by atoms with Crippen LogP contribution in [-0.2, 0) is 20.7 Å². The lowest BCUT2D eigenvalue weighted by molar-refractivity contribution is -0.149. The highest BCUT2D eigenvalue weighted by atomic mass is 35.5. The molecular formula is C19H17Cl2NO4. The van der Waals surface area contributed by atoms with E-state index in [1.54, 1.807) is 17.0 Å². The maximum atomic E-state index is 12.4. The lowest BCUT2D eigenvalue weighted by atomic mass is 10.0. The fraction of sp³-hybridized carbons (Fsp3) is 0.263. The van der Waals surface area contributed by atoms with Crippen LogP contribution in [0.4, 0.5) is 5.69 Å². The quantitative estimate of drug-likeness (QED) is 0.722. The highest BCUT2D eigenvalue weighted by molar-refractivity contribution is 6.34. The Balaban J connectivity index is 1.52. The number of para-hydroxylation sites is 1. The Kier molecular flexibility index (Phi) is 6.01. The van der Waals surface area contributed by atoms with Gasteiger partial charge in [0, 0.05) is 23.3 Å². The first kappa shape index (κ1) is 18.5. The number of carbonyl (C=O) groups excluding carboxylic acids is 2. The van der Waals surface area contributed by atoms with Gasteiger partial charge in [-0.25, -0.2) is 4.79 Å². The average molecular weight is 394 g/mol. The molecule has 0 saturated carbocycles. The van der Waals surface area contributed by atoms with E-state index in [-0.39, 0.29) is 24.9 Å². The van der Waals surface area contributed by atoms with Crippen LogP contribution in [0.2, 0.25) is 10.0 Å². The van der Waals surface area contributed by atoms with Gasteiger partial charge in [0.15, 0.2) is 13.2 Å². The third-order valence-electron chi connectivity index (χ3n) is 4.01. The smallest absolute Gasteiger partial charge is 0.344 e. The number of amides is 1. The number of ether oxygens (including phenoxy) is 2. The minimum Gasteiger partial charge on any atom is -0.480 e. The normalized spacial score (nSPS) is 13.1. The van der Waals surface area contributed by atoms with Gasteiger partial charge in [-0.15, -0.1) is 0 Å². The number of benzene rings is 2. The third-order valence-corrected chi connectivity index (χ3v) is 4.55. The van der Waals surface area contributed by atoms with Crippen LogP contribution in [0.1, 0.15) is 12.0 Å². The van der Waals surface area contributed by atoms with E-state index >= 15 is 0 Å². The zero-order chi connectivity index (χ0) is 18.5. The molecule has 5 nitrogen and oxygen atoms in total. The molecule has 2 aromatic rings. The van der Waals surface area contributed by atoms with Crippen molar-refractivity contribution in [3.8, 4) is 5.75 Å². The number of esters is 1. The molecule has 136 valence electrons. The average Bonchev–Trinajstić information content (AvgIpc) is 2.66. The first-order valence-corrected chi connectivity index (χ1v) is 8.92. The maximum Gasteiger partial charge on any atom is 0.344 e. The van der Waals surface area contributed by atoms with Gasteiger partial charge < -0.3 is 14.4 Å². The molecule has 0 atom stereocenters. The van der Waals surface area contributed by atoms with Gasteiger partial charge in [-0.2, -0.15) is 0 Å². The van der Waals surface area contributed by atoms with Crippen LogP contribution in [0.25, 0.3) is 0 Å². The summed E-state index contributed by atoms with van der Waals surface area (Å²) in [5, 5.41) is 0.778. The van der Waals surface area contributed by atoms with E-state index in [9.17, 15) is 9.59 Å². The largest absolute Gasteiger partial charge is 0.480 e. The topological polar surface area (TPSA) is 55.8 Å². The number of carbonyl (C=O) groups is 2. The summed E-state index contributed by atoms with van der Waals surface area (Å²) >= 11 is 11.8. The zero-order valence-electron chi connectivity index (χ0n) is 13.9. The van der Waals surface area contributed by atoms with Crippen molar-refractivity contribution in [1.82, 2.24) is 0 Å². The monoisotopic (exact) mass is 393 g/mol. The number of halogens is 2. The fourth-order valence-electron chi connectivity index (χ4n) is 2.78. The molecule has 7 heteroatoms. The van der Waals surface area contributed by atoms with Crippen molar-refractivity contribution in [2.45, 2.75) is 12.8 Å². The van der Waals surface area contributed by atoms with Crippen LogP contribution in [0, 0.1) is 0 Å². The van der Waals surface area contributed by atoms with E-state index in [0.29, 0.717) is 16.6 Å². The van der Waals surface area contributed by atoms with Crippen molar-refractivity contribution >= 4 is 40.8 Å². The molecule has 0 radical (unpaired) electrons. The molecule has 0 N–H and O–H groups in total. The van der Waals surface area contributed by atoms with Gasteiger partial charge in [0.1, 0.15) is 5.75 Å². The molecule has 0 saturated heterocycles. The number of rotatable bonds is 5.